The molecule has 0 spiro atoms. The molecular weight excluding hydrogens is 440 g/mol. The van der Waals surface area contributed by atoms with Crippen molar-refractivity contribution in [2.45, 2.75) is 75.7 Å². The van der Waals surface area contributed by atoms with E-state index in [2.05, 4.69) is 0 Å². The zero-order valence-electron chi connectivity index (χ0n) is 20.6. The molecule has 1 saturated heterocycles. The fourth-order valence-electron chi connectivity index (χ4n) is 5.25. The number of hydrogen-bond acceptors (Lipinski definition) is 4. The summed E-state index contributed by atoms with van der Waals surface area (Å²) >= 11 is 0. The van der Waals surface area contributed by atoms with Crippen LogP contribution in [0.3, 0.4) is 0 Å². The quantitative estimate of drug-likeness (QED) is 0.405. The van der Waals surface area contributed by atoms with E-state index in [1.54, 1.807) is 0 Å². The Hall–Kier alpha value is -2.41. The van der Waals surface area contributed by atoms with Crippen LogP contribution in [0, 0.1) is 5.92 Å². The van der Waals surface area contributed by atoms with Crippen LogP contribution in [0.4, 0.5) is 4.79 Å². The lowest BCUT2D eigenvalue weighted by Crippen LogP contribution is -2.52. The van der Waals surface area contributed by atoms with E-state index in [9.17, 15) is 15.0 Å². The summed E-state index contributed by atoms with van der Waals surface area (Å²) in [5, 5.41) is 32.1. The summed E-state index contributed by atoms with van der Waals surface area (Å²) in [5.74, 6) is 0.471. The molecule has 6 heteroatoms. The summed E-state index contributed by atoms with van der Waals surface area (Å²) in [4.78, 5) is 17.8. The maximum atomic E-state index is 14.1. The van der Waals surface area contributed by atoms with Crippen molar-refractivity contribution in [1.82, 2.24) is 9.80 Å². The summed E-state index contributed by atoms with van der Waals surface area (Å²) in [7, 11) is 0. The average Bonchev–Trinajstić information content (AvgIpc) is 3.71. The summed E-state index contributed by atoms with van der Waals surface area (Å²) < 4.78 is 0. The molecule has 0 aromatic heterocycles. The Morgan fingerprint density at radius 1 is 0.714 bits per heavy atom. The third-order valence-corrected chi connectivity index (χ3v) is 7.46. The highest BCUT2D eigenvalue weighted by Crippen LogP contribution is 2.34. The van der Waals surface area contributed by atoms with Gasteiger partial charge in [0, 0.05) is 19.7 Å². The third kappa shape index (κ3) is 6.84. The molecule has 0 bridgehead atoms. The molecular formula is C29H40N2O4. The van der Waals surface area contributed by atoms with Gasteiger partial charge in [-0.2, -0.15) is 0 Å². The fourth-order valence-corrected chi connectivity index (χ4v) is 5.25. The van der Waals surface area contributed by atoms with Crippen LogP contribution in [0.15, 0.2) is 60.7 Å². The molecule has 1 aliphatic heterocycles. The van der Waals surface area contributed by atoms with Crippen LogP contribution in [-0.2, 0) is 12.8 Å². The van der Waals surface area contributed by atoms with Gasteiger partial charge in [-0.05, 0) is 55.6 Å². The molecule has 1 saturated carbocycles. The van der Waals surface area contributed by atoms with Crippen molar-refractivity contribution in [2.75, 3.05) is 19.7 Å². The molecule has 6 nitrogen and oxygen atoms in total. The van der Waals surface area contributed by atoms with E-state index < -0.39 is 24.3 Å². The molecule has 190 valence electrons. The van der Waals surface area contributed by atoms with Crippen molar-refractivity contribution in [2.24, 2.45) is 5.92 Å². The molecule has 4 atom stereocenters. The fraction of sp³-hybridized carbons (Fsp3) is 0.552. The lowest BCUT2D eigenvalue weighted by Gasteiger charge is -2.36. The van der Waals surface area contributed by atoms with Crippen LogP contribution in [0.25, 0.3) is 0 Å². The van der Waals surface area contributed by atoms with Gasteiger partial charge in [0.15, 0.2) is 0 Å². The van der Waals surface area contributed by atoms with Crippen molar-refractivity contribution in [3.8, 4) is 0 Å². The van der Waals surface area contributed by atoms with E-state index in [0.717, 1.165) is 49.7 Å². The standard InChI is InChI=1S/C29H40N2O4/c32-18-10-2-1-9-17-30-25(19-22-11-5-3-6-12-22)27(33)28(34)26(20-23-13-7-4-8-14-23)31(29(30)35)21-24-15-16-24/h3-8,11-14,24-28,32-34H,1-2,9-10,15-21H2/t25-,26-,27+,28+/m1/s1. The number of amides is 2. The minimum atomic E-state index is -1.05. The zero-order valence-corrected chi connectivity index (χ0v) is 20.6. The highest BCUT2D eigenvalue weighted by molar-refractivity contribution is 5.76. The van der Waals surface area contributed by atoms with Gasteiger partial charge in [0.2, 0.25) is 0 Å². The van der Waals surface area contributed by atoms with Gasteiger partial charge in [-0.15, -0.1) is 0 Å². The number of aliphatic hydroxyl groups excluding tert-OH is 3. The Bertz CT molecular complexity index is 905. The van der Waals surface area contributed by atoms with Gasteiger partial charge in [-0.3, -0.25) is 0 Å². The summed E-state index contributed by atoms with van der Waals surface area (Å²) in [6.07, 6.45) is 4.53. The SMILES string of the molecule is O=C1N(CCCCCCO)[C@H](Cc2ccccc2)[C@H](O)[C@@H](O)[C@@H](Cc2ccccc2)N1CC1CC1. The molecule has 2 fully saturated rings. The topological polar surface area (TPSA) is 84.2 Å². The predicted molar refractivity (Wildman–Crippen MR) is 137 cm³/mol. The second-order valence-corrected chi connectivity index (χ2v) is 10.2. The van der Waals surface area contributed by atoms with Gasteiger partial charge in [-0.1, -0.05) is 73.5 Å². The second-order valence-electron chi connectivity index (χ2n) is 10.2. The van der Waals surface area contributed by atoms with Gasteiger partial charge in [0.1, 0.15) is 12.2 Å². The minimum absolute atomic E-state index is 0.0727. The van der Waals surface area contributed by atoms with Crippen molar-refractivity contribution in [3.63, 3.8) is 0 Å². The van der Waals surface area contributed by atoms with Gasteiger partial charge < -0.3 is 25.1 Å². The number of aliphatic hydroxyl groups is 3. The molecule has 0 radical (unpaired) electrons. The molecule has 2 aromatic carbocycles. The number of hydrogen-bond donors (Lipinski definition) is 3. The largest absolute Gasteiger partial charge is 0.396 e. The molecule has 35 heavy (non-hydrogen) atoms. The van der Waals surface area contributed by atoms with Crippen molar-refractivity contribution in [1.29, 1.82) is 0 Å². The predicted octanol–water partition coefficient (Wildman–Crippen LogP) is 3.63. The van der Waals surface area contributed by atoms with Crippen LogP contribution in [-0.4, -0.2) is 75.1 Å². The molecule has 3 N–H and O–H groups in total. The molecule has 0 unspecified atom stereocenters. The van der Waals surface area contributed by atoms with Gasteiger partial charge in [-0.25, -0.2) is 4.79 Å². The summed E-state index contributed by atoms with van der Waals surface area (Å²) in [6.45, 7) is 1.34. The average molecular weight is 481 g/mol. The van der Waals surface area contributed by atoms with Crippen LogP contribution >= 0.6 is 0 Å². The normalized spacial score (nSPS) is 25.1. The van der Waals surface area contributed by atoms with Crippen LogP contribution in [0.5, 0.6) is 0 Å². The lowest BCUT2D eigenvalue weighted by molar-refractivity contribution is -0.0399. The van der Waals surface area contributed by atoms with E-state index in [-0.39, 0.29) is 12.6 Å². The maximum absolute atomic E-state index is 14.1. The number of unbranched alkanes of at least 4 members (excludes halogenated alkanes) is 3. The first-order valence-electron chi connectivity index (χ1n) is 13.2. The molecule has 2 aliphatic rings. The summed E-state index contributed by atoms with van der Waals surface area (Å²) in [5.41, 5.74) is 2.09. The monoisotopic (exact) mass is 480 g/mol. The van der Waals surface area contributed by atoms with Crippen molar-refractivity contribution in [3.05, 3.63) is 71.8 Å². The minimum Gasteiger partial charge on any atom is -0.396 e. The van der Waals surface area contributed by atoms with Gasteiger partial charge in [0.05, 0.1) is 12.1 Å². The number of nitrogens with zero attached hydrogens (tertiary/aromatic N) is 2. The van der Waals surface area contributed by atoms with E-state index in [1.165, 1.54) is 0 Å². The smallest absolute Gasteiger partial charge is 0.320 e. The highest BCUT2D eigenvalue weighted by atomic mass is 16.3. The molecule has 2 amide bonds. The zero-order chi connectivity index (χ0) is 24.6. The lowest BCUT2D eigenvalue weighted by atomic mass is 9.91. The van der Waals surface area contributed by atoms with E-state index >= 15 is 0 Å². The number of urea groups is 1. The first-order chi connectivity index (χ1) is 17.1. The third-order valence-electron chi connectivity index (χ3n) is 7.46. The first-order valence-corrected chi connectivity index (χ1v) is 13.2. The number of rotatable bonds is 12. The van der Waals surface area contributed by atoms with E-state index in [1.807, 2.05) is 70.5 Å². The van der Waals surface area contributed by atoms with Crippen LogP contribution < -0.4 is 0 Å². The van der Waals surface area contributed by atoms with E-state index in [0.29, 0.717) is 31.8 Å². The Morgan fingerprint density at radius 2 is 1.23 bits per heavy atom. The Kier molecular flexibility index (Phi) is 9.18. The second kappa shape index (κ2) is 12.5. The number of carbonyl (C=O) groups excluding carboxylic acids is 1. The maximum Gasteiger partial charge on any atom is 0.320 e. The Morgan fingerprint density at radius 3 is 1.74 bits per heavy atom. The van der Waals surface area contributed by atoms with E-state index in [4.69, 9.17) is 5.11 Å². The molecule has 1 heterocycles. The highest BCUT2D eigenvalue weighted by Gasteiger charge is 2.47. The van der Waals surface area contributed by atoms with Crippen LogP contribution in [0.1, 0.15) is 49.7 Å². The van der Waals surface area contributed by atoms with Gasteiger partial charge >= 0.3 is 6.03 Å². The number of benzene rings is 2. The van der Waals surface area contributed by atoms with Crippen molar-refractivity contribution < 1.29 is 20.1 Å². The Balaban J connectivity index is 1.63. The Labute approximate surface area is 209 Å². The van der Waals surface area contributed by atoms with Gasteiger partial charge in [0.25, 0.3) is 0 Å². The molecule has 1 aliphatic carbocycles. The van der Waals surface area contributed by atoms with Crippen LogP contribution in [0.2, 0.25) is 0 Å². The molecule has 2 aromatic rings. The molecule has 4 rings (SSSR count). The van der Waals surface area contributed by atoms with Crippen molar-refractivity contribution >= 4 is 6.03 Å². The number of carbonyl (C=O) groups is 1. The first kappa shape index (κ1) is 25.7. The summed E-state index contributed by atoms with van der Waals surface area (Å²) in [6, 6.07) is 18.8.